The molecule has 7 nitrogen and oxygen atoms in total. The van der Waals surface area contributed by atoms with E-state index in [4.69, 9.17) is 11.7 Å². The molecule has 0 aliphatic heterocycles. The molecule has 3 rings (SSSR count). The number of carboxylic acids is 1. The van der Waals surface area contributed by atoms with Gasteiger partial charge in [-0.2, -0.15) is 0 Å². The standard InChI is InChI=1S/C24H23N3O4/c1-5-26(6-2)19-10-9-17-11-16(7-8-18(17)13-19)12-20-15(3)22(25-4)24(31)27(23(20)30)14-21(28)29/h7-13,31H,3,5-6,14H2,1-2H3,(H,28,29). The summed E-state index contributed by atoms with van der Waals surface area (Å²) in [6.07, 6.45) is 1.56. The normalized spacial score (nSPS) is 11.5. The maximum atomic E-state index is 12.8. The van der Waals surface area contributed by atoms with Crippen molar-refractivity contribution in [3.8, 4) is 5.88 Å². The number of carboxylic acid groups (broad SMARTS) is 1. The number of benzene rings is 2. The Balaban J connectivity index is 2.20. The van der Waals surface area contributed by atoms with Crippen molar-refractivity contribution in [1.82, 2.24) is 4.57 Å². The van der Waals surface area contributed by atoms with Gasteiger partial charge in [0, 0.05) is 24.0 Å². The van der Waals surface area contributed by atoms with Crippen LogP contribution in [-0.4, -0.2) is 33.8 Å². The van der Waals surface area contributed by atoms with Gasteiger partial charge >= 0.3 is 5.97 Å². The summed E-state index contributed by atoms with van der Waals surface area (Å²) in [6, 6.07) is 11.9. The van der Waals surface area contributed by atoms with Gasteiger partial charge in [0.2, 0.25) is 0 Å². The zero-order valence-corrected chi connectivity index (χ0v) is 17.4. The number of nitrogens with zero attached hydrogens (tertiary/aromatic N) is 3. The fraction of sp³-hybridized carbons (Fsp3) is 0.208. The molecule has 0 bridgehead atoms. The van der Waals surface area contributed by atoms with E-state index in [1.54, 1.807) is 6.08 Å². The van der Waals surface area contributed by atoms with Gasteiger partial charge in [0.15, 0.2) is 5.88 Å². The predicted molar refractivity (Wildman–Crippen MR) is 122 cm³/mol. The van der Waals surface area contributed by atoms with Gasteiger partial charge in [-0.1, -0.05) is 18.2 Å². The van der Waals surface area contributed by atoms with Crippen LogP contribution in [0.15, 0.2) is 41.2 Å². The van der Waals surface area contributed by atoms with Crippen LogP contribution in [0.25, 0.3) is 28.3 Å². The molecule has 0 saturated heterocycles. The molecule has 31 heavy (non-hydrogen) atoms. The van der Waals surface area contributed by atoms with Crippen LogP contribution >= 0.6 is 0 Å². The van der Waals surface area contributed by atoms with E-state index in [9.17, 15) is 14.7 Å². The third-order valence-electron chi connectivity index (χ3n) is 5.25. The van der Waals surface area contributed by atoms with Crippen molar-refractivity contribution in [3.63, 3.8) is 0 Å². The first-order valence-corrected chi connectivity index (χ1v) is 9.85. The molecule has 0 atom stereocenters. The molecule has 0 saturated carbocycles. The SMILES string of the molecule is [C-]#[N+]c1c(O)n(CC(=O)O)c(=O)c(=Cc2ccc3cc(N(CC)CC)ccc3c2)c1=C. The molecule has 0 fully saturated rings. The highest BCUT2D eigenvalue weighted by molar-refractivity contribution is 5.87. The van der Waals surface area contributed by atoms with E-state index in [2.05, 4.69) is 36.2 Å². The number of aromatic nitrogens is 1. The number of aromatic hydroxyl groups is 1. The topological polar surface area (TPSA) is 87.1 Å². The van der Waals surface area contributed by atoms with Crippen molar-refractivity contribution >= 4 is 40.8 Å². The number of carbonyl (C=O) groups is 1. The van der Waals surface area contributed by atoms with Crippen LogP contribution in [-0.2, 0) is 11.3 Å². The zero-order chi connectivity index (χ0) is 22.7. The Morgan fingerprint density at radius 2 is 1.84 bits per heavy atom. The minimum Gasteiger partial charge on any atom is -0.503 e. The van der Waals surface area contributed by atoms with Crippen molar-refractivity contribution in [3.05, 3.63) is 74.2 Å². The van der Waals surface area contributed by atoms with E-state index in [1.165, 1.54) is 0 Å². The van der Waals surface area contributed by atoms with Crippen LogP contribution in [0.5, 0.6) is 5.88 Å². The molecule has 0 aliphatic carbocycles. The number of hydrogen-bond donors (Lipinski definition) is 2. The quantitative estimate of drug-likeness (QED) is 0.602. The molecular formula is C24H23N3O4. The van der Waals surface area contributed by atoms with Gasteiger partial charge in [0.25, 0.3) is 11.2 Å². The van der Waals surface area contributed by atoms with Gasteiger partial charge in [-0.05, 0) is 59.7 Å². The number of pyridine rings is 1. The van der Waals surface area contributed by atoms with Crippen LogP contribution < -0.4 is 20.9 Å². The maximum absolute atomic E-state index is 12.8. The van der Waals surface area contributed by atoms with Crippen LogP contribution in [0, 0.1) is 6.57 Å². The summed E-state index contributed by atoms with van der Waals surface area (Å²) >= 11 is 0. The first-order chi connectivity index (χ1) is 14.8. The monoisotopic (exact) mass is 417 g/mol. The fourth-order valence-corrected chi connectivity index (χ4v) is 3.60. The highest BCUT2D eigenvalue weighted by Crippen LogP contribution is 2.23. The van der Waals surface area contributed by atoms with Crippen molar-refractivity contribution < 1.29 is 15.0 Å². The Labute approximate surface area is 179 Å². The van der Waals surface area contributed by atoms with E-state index in [-0.39, 0.29) is 16.1 Å². The molecule has 3 aromatic rings. The van der Waals surface area contributed by atoms with Crippen molar-refractivity contribution in [2.75, 3.05) is 18.0 Å². The van der Waals surface area contributed by atoms with Crippen molar-refractivity contribution in [2.45, 2.75) is 20.4 Å². The summed E-state index contributed by atoms with van der Waals surface area (Å²) in [5, 5.41) is 21.4. The van der Waals surface area contributed by atoms with E-state index >= 15 is 0 Å². The summed E-state index contributed by atoms with van der Waals surface area (Å²) in [5.74, 6) is -1.99. The minimum absolute atomic E-state index is 0.0658. The molecule has 0 amide bonds. The first-order valence-electron chi connectivity index (χ1n) is 9.85. The first kappa shape index (κ1) is 21.7. The average Bonchev–Trinajstić information content (AvgIpc) is 2.75. The highest BCUT2D eigenvalue weighted by atomic mass is 16.4. The van der Waals surface area contributed by atoms with Gasteiger partial charge in [0.1, 0.15) is 6.54 Å². The number of anilines is 1. The second-order valence-corrected chi connectivity index (χ2v) is 7.07. The van der Waals surface area contributed by atoms with Crippen molar-refractivity contribution in [2.24, 2.45) is 0 Å². The van der Waals surface area contributed by atoms with E-state index in [0.29, 0.717) is 10.1 Å². The van der Waals surface area contributed by atoms with Crippen LogP contribution in [0.3, 0.4) is 0 Å². The third kappa shape index (κ3) is 4.14. The van der Waals surface area contributed by atoms with Crippen LogP contribution in [0.2, 0.25) is 0 Å². The van der Waals surface area contributed by atoms with Gasteiger partial charge in [-0.25, -0.2) is 4.85 Å². The van der Waals surface area contributed by atoms with Gasteiger partial charge in [-0.3, -0.25) is 14.2 Å². The van der Waals surface area contributed by atoms with E-state index in [0.717, 1.165) is 29.5 Å². The second kappa shape index (κ2) is 8.76. The lowest BCUT2D eigenvalue weighted by Gasteiger charge is -2.21. The van der Waals surface area contributed by atoms with Crippen molar-refractivity contribution in [1.29, 1.82) is 0 Å². The van der Waals surface area contributed by atoms with Crippen LogP contribution in [0.4, 0.5) is 11.4 Å². The molecule has 2 N–H and O–H groups in total. The van der Waals surface area contributed by atoms with E-state index < -0.39 is 24.0 Å². The number of hydrogen-bond acceptors (Lipinski definition) is 4. The fourth-order valence-electron chi connectivity index (χ4n) is 3.60. The Morgan fingerprint density at radius 3 is 2.45 bits per heavy atom. The summed E-state index contributed by atoms with van der Waals surface area (Å²) in [4.78, 5) is 29.4. The Bertz CT molecular complexity index is 1380. The Morgan fingerprint density at radius 1 is 1.19 bits per heavy atom. The zero-order valence-electron chi connectivity index (χ0n) is 17.4. The third-order valence-corrected chi connectivity index (χ3v) is 5.25. The summed E-state index contributed by atoms with van der Waals surface area (Å²) < 4.78 is 0.674. The van der Waals surface area contributed by atoms with Gasteiger partial charge in [0.05, 0.1) is 6.57 Å². The summed E-state index contributed by atoms with van der Waals surface area (Å²) in [7, 11) is 0. The molecule has 7 heteroatoms. The van der Waals surface area contributed by atoms with E-state index in [1.807, 2.05) is 30.3 Å². The average molecular weight is 417 g/mol. The predicted octanol–water partition coefficient (Wildman–Crippen LogP) is 2.43. The molecule has 158 valence electrons. The largest absolute Gasteiger partial charge is 0.503 e. The summed E-state index contributed by atoms with van der Waals surface area (Å²) in [5.41, 5.74) is 0.880. The molecule has 0 spiro atoms. The molecule has 0 aliphatic rings. The lowest BCUT2D eigenvalue weighted by Crippen LogP contribution is -2.45. The molecular weight excluding hydrogens is 394 g/mol. The minimum atomic E-state index is -1.30. The van der Waals surface area contributed by atoms with Crippen LogP contribution in [0.1, 0.15) is 19.4 Å². The second-order valence-electron chi connectivity index (χ2n) is 7.07. The smallest absolute Gasteiger partial charge is 0.323 e. The lowest BCUT2D eigenvalue weighted by atomic mass is 10.0. The maximum Gasteiger partial charge on any atom is 0.323 e. The Hall–Kier alpha value is -4.05. The molecule has 0 radical (unpaired) electrons. The molecule has 2 aromatic carbocycles. The van der Waals surface area contributed by atoms with Gasteiger partial charge < -0.3 is 15.1 Å². The number of rotatable bonds is 6. The van der Waals surface area contributed by atoms with Gasteiger partial charge in [-0.15, -0.1) is 6.58 Å². The number of aliphatic carboxylic acids is 1. The lowest BCUT2D eigenvalue weighted by molar-refractivity contribution is -0.137. The highest BCUT2D eigenvalue weighted by Gasteiger charge is 2.15. The summed E-state index contributed by atoms with van der Waals surface area (Å²) in [6.45, 7) is 16.3. The number of fused-ring (bicyclic) bond motifs is 1. The molecule has 1 heterocycles. The molecule has 1 aromatic heterocycles. The Kier molecular flexibility index (Phi) is 6.12. The molecule has 0 unspecified atom stereocenters.